The topological polar surface area (TPSA) is 64.6 Å². The van der Waals surface area contributed by atoms with Crippen LogP contribution < -0.4 is 10.6 Å². The molecule has 2 amide bonds. The maximum atomic E-state index is 12.2. The summed E-state index contributed by atoms with van der Waals surface area (Å²) in [5.41, 5.74) is 1.03. The smallest absolute Gasteiger partial charge is 0.315 e. The van der Waals surface area contributed by atoms with E-state index in [1.807, 2.05) is 11.3 Å². The minimum atomic E-state index is -0.399. The van der Waals surface area contributed by atoms with E-state index in [1.54, 1.807) is 0 Å². The van der Waals surface area contributed by atoms with Crippen molar-refractivity contribution in [2.45, 2.75) is 57.2 Å². The Morgan fingerprint density at radius 2 is 2.26 bits per heavy atom. The average molecular weight is 337 g/mol. The molecule has 1 aliphatic carbocycles. The lowest BCUT2D eigenvalue weighted by Crippen LogP contribution is -2.54. The minimum absolute atomic E-state index is 0.0308. The lowest BCUT2D eigenvalue weighted by Gasteiger charge is -2.33. The van der Waals surface area contributed by atoms with Gasteiger partial charge in [0.25, 0.3) is 0 Å². The van der Waals surface area contributed by atoms with Gasteiger partial charge in [0.2, 0.25) is 0 Å². The van der Waals surface area contributed by atoms with Crippen LogP contribution in [0.15, 0.2) is 11.4 Å². The second kappa shape index (κ2) is 7.20. The van der Waals surface area contributed by atoms with Crippen molar-refractivity contribution in [3.8, 4) is 0 Å². The van der Waals surface area contributed by atoms with Gasteiger partial charge in [-0.3, -0.25) is 4.90 Å². The van der Waals surface area contributed by atoms with E-state index in [9.17, 15) is 9.90 Å². The van der Waals surface area contributed by atoms with Crippen LogP contribution in [-0.2, 0) is 13.0 Å². The molecule has 1 unspecified atom stereocenters. The SMILES string of the molecule is CC(CNC(=O)NC1(CO)CCCC1)N1CCc2sccc2C1. The second-order valence-electron chi connectivity index (χ2n) is 6.92. The molecule has 23 heavy (non-hydrogen) atoms. The van der Waals surface area contributed by atoms with Crippen molar-refractivity contribution in [3.63, 3.8) is 0 Å². The molecular weight excluding hydrogens is 310 g/mol. The Kier molecular flexibility index (Phi) is 5.24. The average Bonchev–Trinajstić information content (AvgIpc) is 3.21. The Morgan fingerprint density at radius 3 is 3.00 bits per heavy atom. The fourth-order valence-corrected chi connectivity index (χ4v) is 4.57. The monoisotopic (exact) mass is 337 g/mol. The van der Waals surface area contributed by atoms with Gasteiger partial charge >= 0.3 is 6.03 Å². The van der Waals surface area contributed by atoms with Crippen LogP contribution in [0.4, 0.5) is 4.79 Å². The van der Waals surface area contributed by atoms with Gasteiger partial charge in [0, 0.05) is 30.6 Å². The van der Waals surface area contributed by atoms with Crippen molar-refractivity contribution in [1.82, 2.24) is 15.5 Å². The summed E-state index contributed by atoms with van der Waals surface area (Å²) in [5.74, 6) is 0. The molecule has 0 saturated heterocycles. The van der Waals surface area contributed by atoms with Gasteiger partial charge in [0.15, 0.2) is 0 Å². The van der Waals surface area contributed by atoms with Gasteiger partial charge in [-0.15, -0.1) is 11.3 Å². The molecular formula is C17H27N3O2S. The van der Waals surface area contributed by atoms with Crippen LogP contribution in [0.1, 0.15) is 43.0 Å². The number of nitrogens with one attached hydrogen (secondary N) is 2. The third-order valence-corrected chi connectivity index (χ3v) is 6.28. The summed E-state index contributed by atoms with van der Waals surface area (Å²) >= 11 is 1.85. The fourth-order valence-electron chi connectivity index (χ4n) is 3.68. The number of carbonyl (C=O) groups is 1. The van der Waals surface area contributed by atoms with Crippen LogP contribution in [0.2, 0.25) is 0 Å². The van der Waals surface area contributed by atoms with Crippen LogP contribution in [0.3, 0.4) is 0 Å². The number of amides is 2. The summed E-state index contributed by atoms with van der Waals surface area (Å²) in [6, 6.07) is 2.37. The summed E-state index contributed by atoms with van der Waals surface area (Å²) in [6.07, 6.45) is 5.01. The maximum Gasteiger partial charge on any atom is 0.315 e. The van der Waals surface area contributed by atoms with Gasteiger partial charge in [-0.25, -0.2) is 4.79 Å². The highest BCUT2D eigenvalue weighted by Crippen LogP contribution is 2.29. The lowest BCUT2D eigenvalue weighted by molar-refractivity contribution is 0.158. The summed E-state index contributed by atoms with van der Waals surface area (Å²) in [5, 5.41) is 17.7. The third-order valence-electron chi connectivity index (χ3n) is 5.26. The molecule has 3 rings (SSSR count). The first kappa shape index (κ1) is 16.7. The fraction of sp³-hybridized carbons (Fsp3) is 0.706. The number of rotatable bonds is 5. The third kappa shape index (κ3) is 3.87. The number of nitrogens with zero attached hydrogens (tertiary/aromatic N) is 1. The standard InChI is InChI=1S/C17H27N3O2S/c1-13(20-8-4-15-14(11-20)5-9-23-15)10-18-16(22)19-17(12-21)6-2-3-7-17/h5,9,13,21H,2-4,6-8,10-12H2,1H3,(H2,18,19,22). The summed E-state index contributed by atoms with van der Waals surface area (Å²) in [6.45, 7) is 4.85. The number of thiophene rings is 1. The summed E-state index contributed by atoms with van der Waals surface area (Å²) in [7, 11) is 0. The second-order valence-corrected chi connectivity index (χ2v) is 7.92. The molecule has 6 heteroatoms. The highest BCUT2D eigenvalue weighted by molar-refractivity contribution is 7.10. The summed E-state index contributed by atoms with van der Waals surface area (Å²) < 4.78 is 0. The van der Waals surface area contributed by atoms with Gasteiger partial charge in [0.1, 0.15) is 0 Å². The molecule has 1 aromatic heterocycles. The normalized spacial score (nSPS) is 21.7. The van der Waals surface area contributed by atoms with E-state index in [0.29, 0.717) is 12.6 Å². The van der Waals surface area contributed by atoms with Crippen molar-refractivity contribution in [2.24, 2.45) is 0 Å². The first-order valence-electron chi connectivity index (χ1n) is 8.58. The molecule has 5 nitrogen and oxygen atoms in total. The van der Waals surface area contributed by atoms with E-state index in [0.717, 1.165) is 45.2 Å². The van der Waals surface area contributed by atoms with Gasteiger partial charge in [-0.1, -0.05) is 12.8 Å². The molecule has 0 radical (unpaired) electrons. The molecule has 1 atom stereocenters. The molecule has 2 aliphatic rings. The Bertz CT molecular complexity index is 540. The zero-order valence-corrected chi connectivity index (χ0v) is 14.6. The molecule has 1 aromatic rings. The molecule has 1 saturated carbocycles. The van der Waals surface area contributed by atoms with E-state index >= 15 is 0 Å². The van der Waals surface area contributed by atoms with Crippen LogP contribution in [-0.4, -0.2) is 47.3 Å². The van der Waals surface area contributed by atoms with Crippen molar-refractivity contribution in [1.29, 1.82) is 0 Å². The van der Waals surface area contributed by atoms with Crippen molar-refractivity contribution in [2.75, 3.05) is 19.7 Å². The van der Waals surface area contributed by atoms with Crippen LogP contribution in [0.5, 0.6) is 0 Å². The van der Waals surface area contributed by atoms with Gasteiger partial charge < -0.3 is 15.7 Å². The highest BCUT2D eigenvalue weighted by atomic mass is 32.1. The van der Waals surface area contributed by atoms with Crippen molar-refractivity contribution < 1.29 is 9.90 Å². The zero-order valence-electron chi connectivity index (χ0n) is 13.8. The largest absolute Gasteiger partial charge is 0.394 e. The van der Waals surface area contributed by atoms with Crippen molar-refractivity contribution in [3.05, 3.63) is 21.9 Å². The highest BCUT2D eigenvalue weighted by Gasteiger charge is 2.34. The van der Waals surface area contributed by atoms with Crippen LogP contribution in [0.25, 0.3) is 0 Å². The number of hydrogen-bond donors (Lipinski definition) is 3. The first-order valence-corrected chi connectivity index (χ1v) is 9.46. The molecule has 3 N–H and O–H groups in total. The zero-order chi connectivity index (χ0) is 16.3. The molecule has 1 aliphatic heterocycles. The molecule has 1 fully saturated rings. The Morgan fingerprint density at radius 1 is 1.48 bits per heavy atom. The van der Waals surface area contributed by atoms with Gasteiger partial charge in [0.05, 0.1) is 12.1 Å². The Labute approximate surface area is 142 Å². The molecule has 128 valence electrons. The van der Waals surface area contributed by atoms with E-state index < -0.39 is 5.54 Å². The molecule has 0 spiro atoms. The number of carbonyl (C=O) groups excluding carboxylic acids is 1. The maximum absolute atomic E-state index is 12.2. The van der Waals surface area contributed by atoms with Crippen LogP contribution in [0, 0.1) is 0 Å². The predicted octanol–water partition coefficient (Wildman–Crippen LogP) is 2.10. The van der Waals surface area contributed by atoms with E-state index in [1.165, 1.54) is 10.4 Å². The molecule has 2 heterocycles. The van der Waals surface area contributed by atoms with Gasteiger partial charge in [-0.2, -0.15) is 0 Å². The lowest BCUT2D eigenvalue weighted by atomic mass is 9.99. The van der Waals surface area contributed by atoms with E-state index in [2.05, 4.69) is 33.9 Å². The number of aliphatic hydroxyl groups is 1. The van der Waals surface area contributed by atoms with E-state index in [-0.39, 0.29) is 12.6 Å². The number of fused-ring (bicyclic) bond motifs is 1. The minimum Gasteiger partial charge on any atom is -0.394 e. The molecule has 0 bridgehead atoms. The number of hydrogen-bond acceptors (Lipinski definition) is 4. The van der Waals surface area contributed by atoms with E-state index in [4.69, 9.17) is 0 Å². The Balaban J connectivity index is 1.45. The molecule has 0 aromatic carbocycles. The predicted molar refractivity (Wildman–Crippen MR) is 92.7 cm³/mol. The van der Waals surface area contributed by atoms with Gasteiger partial charge in [-0.05, 0) is 43.2 Å². The van der Waals surface area contributed by atoms with Crippen molar-refractivity contribution >= 4 is 17.4 Å². The number of urea groups is 1. The number of aliphatic hydroxyl groups excluding tert-OH is 1. The first-order chi connectivity index (χ1) is 11.1. The Hall–Kier alpha value is -1.11. The summed E-state index contributed by atoms with van der Waals surface area (Å²) in [4.78, 5) is 16.1. The van der Waals surface area contributed by atoms with Crippen LogP contribution >= 0.6 is 11.3 Å². The quantitative estimate of drug-likeness (QED) is 0.771.